The highest BCUT2D eigenvalue weighted by atomic mass is 19.1. The maximum absolute atomic E-state index is 14.2. The van der Waals surface area contributed by atoms with Gasteiger partial charge in [0.15, 0.2) is 11.6 Å². The summed E-state index contributed by atoms with van der Waals surface area (Å²) in [4.78, 5) is 26.9. The van der Waals surface area contributed by atoms with Gasteiger partial charge in [0.05, 0.1) is 31.5 Å². The summed E-state index contributed by atoms with van der Waals surface area (Å²) in [6.07, 6.45) is 1.43. The third-order valence-corrected chi connectivity index (χ3v) is 5.06. The lowest BCUT2D eigenvalue weighted by molar-refractivity contribution is -0.140. The molecule has 4 rings (SSSR count). The molecule has 0 spiro atoms. The van der Waals surface area contributed by atoms with E-state index < -0.39 is 35.1 Å². The van der Waals surface area contributed by atoms with Crippen molar-refractivity contribution < 1.29 is 32.6 Å². The van der Waals surface area contributed by atoms with E-state index in [9.17, 15) is 23.5 Å². The molecule has 1 aliphatic rings. The predicted molar refractivity (Wildman–Crippen MR) is 106 cm³/mol. The maximum Gasteiger partial charge on any atom is 0.296 e. The molecule has 31 heavy (non-hydrogen) atoms. The Morgan fingerprint density at radius 2 is 1.87 bits per heavy atom. The van der Waals surface area contributed by atoms with Crippen LogP contribution in [0, 0.1) is 11.6 Å². The number of furan rings is 1. The molecule has 1 atom stereocenters. The molecular weight excluding hydrogens is 408 g/mol. The quantitative estimate of drug-likeness (QED) is 0.377. The molecule has 0 saturated carbocycles. The Balaban J connectivity index is 1.86. The van der Waals surface area contributed by atoms with Crippen LogP contribution >= 0.6 is 0 Å². The fourth-order valence-corrected chi connectivity index (χ4v) is 3.57. The summed E-state index contributed by atoms with van der Waals surface area (Å²) in [5, 5.41) is 10.9. The van der Waals surface area contributed by atoms with Crippen LogP contribution in [0.3, 0.4) is 0 Å². The van der Waals surface area contributed by atoms with Crippen molar-refractivity contribution in [1.82, 2.24) is 4.90 Å². The molecule has 0 aliphatic carbocycles. The van der Waals surface area contributed by atoms with Crippen LogP contribution in [0.25, 0.3) is 5.76 Å². The van der Waals surface area contributed by atoms with Crippen molar-refractivity contribution in [2.75, 3.05) is 7.11 Å². The Kier molecular flexibility index (Phi) is 5.29. The standard InChI is InChI=1S/C23H17F2NO5/c1-30-18-9-6-14(11-17(18)25)21(27)19-20(13-4-7-15(24)8-5-13)26(23(29)22(19)28)12-16-3-2-10-31-16/h2-11,20,27H,12H2,1H3/t20-/m0/s1. The normalized spacial score (nSPS) is 17.9. The summed E-state index contributed by atoms with van der Waals surface area (Å²) in [7, 11) is 1.30. The van der Waals surface area contributed by atoms with Crippen LogP contribution in [-0.2, 0) is 16.1 Å². The van der Waals surface area contributed by atoms with Crippen molar-refractivity contribution in [3.63, 3.8) is 0 Å². The van der Waals surface area contributed by atoms with Crippen LogP contribution < -0.4 is 4.74 Å². The van der Waals surface area contributed by atoms with E-state index in [1.54, 1.807) is 12.1 Å². The summed E-state index contributed by atoms with van der Waals surface area (Å²) in [6, 6.07) is 11.2. The SMILES string of the molecule is COc1ccc(C(O)=C2C(=O)C(=O)N(Cc3ccco3)[C@H]2c2ccc(F)cc2)cc1F. The molecule has 3 aromatic rings. The Morgan fingerprint density at radius 3 is 2.48 bits per heavy atom. The van der Waals surface area contributed by atoms with Gasteiger partial charge >= 0.3 is 0 Å². The number of rotatable bonds is 5. The average Bonchev–Trinajstić information content (AvgIpc) is 3.36. The van der Waals surface area contributed by atoms with Gasteiger partial charge in [-0.2, -0.15) is 0 Å². The minimum Gasteiger partial charge on any atom is -0.507 e. The number of carbonyl (C=O) groups excluding carboxylic acids is 2. The topological polar surface area (TPSA) is 80.0 Å². The average molecular weight is 425 g/mol. The molecule has 1 aromatic heterocycles. The first-order chi connectivity index (χ1) is 14.9. The highest BCUT2D eigenvalue weighted by Gasteiger charge is 2.46. The molecule has 0 bridgehead atoms. The lowest BCUT2D eigenvalue weighted by Gasteiger charge is -2.24. The summed E-state index contributed by atoms with van der Waals surface area (Å²) >= 11 is 0. The van der Waals surface area contributed by atoms with E-state index >= 15 is 0 Å². The van der Waals surface area contributed by atoms with Gasteiger partial charge in [0, 0.05) is 5.56 Å². The zero-order chi connectivity index (χ0) is 22.1. The van der Waals surface area contributed by atoms with E-state index in [0.29, 0.717) is 11.3 Å². The molecule has 1 N–H and O–H groups in total. The van der Waals surface area contributed by atoms with Gasteiger partial charge in [-0.25, -0.2) is 8.78 Å². The summed E-state index contributed by atoms with van der Waals surface area (Å²) in [5.41, 5.74) is 0.178. The van der Waals surface area contributed by atoms with E-state index in [4.69, 9.17) is 9.15 Å². The third-order valence-electron chi connectivity index (χ3n) is 5.06. The summed E-state index contributed by atoms with van der Waals surface area (Å²) in [5.74, 6) is -3.19. The lowest BCUT2D eigenvalue weighted by Crippen LogP contribution is -2.29. The number of hydrogen-bond acceptors (Lipinski definition) is 5. The Morgan fingerprint density at radius 1 is 1.13 bits per heavy atom. The first-order valence-electron chi connectivity index (χ1n) is 9.31. The van der Waals surface area contributed by atoms with Gasteiger partial charge < -0.3 is 19.2 Å². The van der Waals surface area contributed by atoms with E-state index in [1.165, 1.54) is 54.7 Å². The van der Waals surface area contributed by atoms with Crippen LogP contribution in [0.4, 0.5) is 8.78 Å². The number of aliphatic hydroxyl groups excluding tert-OH is 1. The minimum atomic E-state index is -1.02. The second kappa shape index (κ2) is 8.06. The summed E-state index contributed by atoms with van der Waals surface area (Å²) < 4.78 is 37.8. The number of likely N-dealkylation sites (tertiary alicyclic amines) is 1. The van der Waals surface area contributed by atoms with Crippen LogP contribution in [0.15, 0.2) is 70.9 Å². The van der Waals surface area contributed by atoms with Crippen molar-refractivity contribution in [3.05, 3.63) is 95.0 Å². The number of aliphatic hydroxyl groups is 1. The number of benzene rings is 2. The number of halogens is 2. The van der Waals surface area contributed by atoms with Crippen LogP contribution in [-0.4, -0.2) is 28.8 Å². The molecule has 0 radical (unpaired) electrons. The largest absolute Gasteiger partial charge is 0.507 e. The molecule has 1 aliphatic heterocycles. The fraction of sp³-hybridized carbons (Fsp3) is 0.130. The minimum absolute atomic E-state index is 0.00131. The smallest absolute Gasteiger partial charge is 0.296 e. The highest BCUT2D eigenvalue weighted by Crippen LogP contribution is 2.40. The number of methoxy groups -OCH3 is 1. The first-order valence-corrected chi connectivity index (χ1v) is 9.31. The van der Waals surface area contributed by atoms with E-state index in [0.717, 1.165) is 6.07 Å². The van der Waals surface area contributed by atoms with Crippen molar-refractivity contribution in [2.24, 2.45) is 0 Å². The number of Topliss-reactive ketones (excluding diaryl/α,β-unsaturated/α-hetero) is 1. The number of hydrogen-bond donors (Lipinski definition) is 1. The molecule has 1 saturated heterocycles. The monoisotopic (exact) mass is 425 g/mol. The molecule has 0 unspecified atom stereocenters. The molecule has 6 nitrogen and oxygen atoms in total. The maximum atomic E-state index is 14.2. The number of nitrogens with zero attached hydrogens (tertiary/aromatic N) is 1. The molecule has 8 heteroatoms. The Labute approximate surface area is 176 Å². The van der Waals surface area contributed by atoms with Crippen molar-refractivity contribution in [1.29, 1.82) is 0 Å². The summed E-state index contributed by atoms with van der Waals surface area (Å²) in [6.45, 7) is -0.0482. The highest BCUT2D eigenvalue weighted by molar-refractivity contribution is 6.46. The number of carbonyl (C=O) groups is 2. The molecule has 1 fully saturated rings. The van der Waals surface area contributed by atoms with Gasteiger partial charge in [0.2, 0.25) is 0 Å². The van der Waals surface area contributed by atoms with Crippen molar-refractivity contribution in [3.8, 4) is 5.75 Å². The zero-order valence-electron chi connectivity index (χ0n) is 16.3. The van der Waals surface area contributed by atoms with Crippen LogP contribution in [0.1, 0.15) is 22.9 Å². The Hall–Kier alpha value is -3.94. The first kappa shape index (κ1) is 20.3. The lowest BCUT2D eigenvalue weighted by atomic mass is 9.95. The second-order valence-corrected chi connectivity index (χ2v) is 6.91. The fourth-order valence-electron chi connectivity index (χ4n) is 3.57. The van der Waals surface area contributed by atoms with E-state index in [2.05, 4.69) is 0 Å². The third kappa shape index (κ3) is 3.68. The Bertz CT molecular complexity index is 1170. The molecule has 1 amide bonds. The van der Waals surface area contributed by atoms with Gasteiger partial charge in [-0.05, 0) is 48.0 Å². The van der Waals surface area contributed by atoms with Gasteiger partial charge in [0.25, 0.3) is 11.7 Å². The van der Waals surface area contributed by atoms with Gasteiger partial charge in [-0.3, -0.25) is 9.59 Å². The van der Waals surface area contributed by atoms with Gasteiger partial charge in [-0.1, -0.05) is 12.1 Å². The number of ether oxygens (including phenoxy) is 1. The van der Waals surface area contributed by atoms with E-state index in [-0.39, 0.29) is 23.4 Å². The molecule has 2 heterocycles. The van der Waals surface area contributed by atoms with Crippen LogP contribution in [0.5, 0.6) is 5.75 Å². The predicted octanol–water partition coefficient (Wildman–Crippen LogP) is 4.19. The van der Waals surface area contributed by atoms with Gasteiger partial charge in [-0.15, -0.1) is 0 Å². The van der Waals surface area contributed by atoms with Gasteiger partial charge in [0.1, 0.15) is 17.3 Å². The van der Waals surface area contributed by atoms with Crippen molar-refractivity contribution in [2.45, 2.75) is 12.6 Å². The van der Waals surface area contributed by atoms with E-state index in [1.807, 2.05) is 0 Å². The zero-order valence-corrected chi connectivity index (χ0v) is 16.3. The second-order valence-electron chi connectivity index (χ2n) is 6.91. The number of ketones is 1. The molecule has 2 aromatic carbocycles. The number of amides is 1. The molecular formula is C23H17F2NO5. The van der Waals surface area contributed by atoms with Crippen molar-refractivity contribution >= 4 is 17.4 Å². The van der Waals surface area contributed by atoms with Crippen LogP contribution in [0.2, 0.25) is 0 Å². The molecule has 158 valence electrons.